The maximum atomic E-state index is 12.6. The van der Waals surface area contributed by atoms with Crippen molar-refractivity contribution >= 4 is 15.7 Å². The summed E-state index contributed by atoms with van der Waals surface area (Å²) in [5.74, 6) is 0. The van der Waals surface area contributed by atoms with Crippen LogP contribution < -0.4 is 9.62 Å². The normalized spacial score (nSPS) is 15.2. The average Bonchev–Trinajstić information content (AvgIpc) is 3.24. The number of hydrogen-bond donors (Lipinski definition) is 1. The molecule has 0 amide bonds. The van der Waals surface area contributed by atoms with Crippen molar-refractivity contribution in [3.05, 3.63) is 66.4 Å². The molecule has 6 nitrogen and oxygen atoms in total. The van der Waals surface area contributed by atoms with E-state index < -0.39 is 10.0 Å². The summed E-state index contributed by atoms with van der Waals surface area (Å²) in [5.41, 5.74) is 3.76. The molecule has 0 aliphatic carbocycles. The number of aromatic nitrogens is 2. The van der Waals surface area contributed by atoms with Crippen molar-refractivity contribution in [2.75, 3.05) is 18.0 Å². The van der Waals surface area contributed by atoms with E-state index in [4.69, 9.17) is 5.10 Å². The maximum absolute atomic E-state index is 12.6. The molecule has 0 unspecified atom stereocenters. The van der Waals surface area contributed by atoms with Gasteiger partial charge in [0.25, 0.3) is 0 Å². The van der Waals surface area contributed by atoms with Crippen molar-refractivity contribution in [3.63, 3.8) is 0 Å². The van der Waals surface area contributed by atoms with Gasteiger partial charge in [0.15, 0.2) is 0 Å². The molecule has 0 spiro atoms. The molecule has 1 fully saturated rings. The summed E-state index contributed by atoms with van der Waals surface area (Å²) in [6, 6.07) is 19.0. The zero-order valence-electron chi connectivity index (χ0n) is 19.1. The lowest BCUT2D eigenvalue weighted by atomic mass is 10.1. The fourth-order valence-corrected chi connectivity index (χ4v) is 5.10. The van der Waals surface area contributed by atoms with E-state index in [1.165, 1.54) is 24.9 Å². The number of nitrogens with one attached hydrogen (secondary N) is 1. The van der Waals surface area contributed by atoms with Gasteiger partial charge in [-0.25, -0.2) is 13.1 Å². The first-order chi connectivity index (χ1) is 15.2. The van der Waals surface area contributed by atoms with Gasteiger partial charge in [-0.2, -0.15) is 5.10 Å². The molecule has 1 aromatic heterocycles. The molecule has 2 aromatic carbocycles. The van der Waals surface area contributed by atoms with Crippen molar-refractivity contribution in [2.24, 2.45) is 0 Å². The van der Waals surface area contributed by atoms with Crippen LogP contribution in [0, 0.1) is 0 Å². The van der Waals surface area contributed by atoms with Crippen LogP contribution in [0.5, 0.6) is 0 Å². The van der Waals surface area contributed by atoms with Crippen LogP contribution in [0.15, 0.2) is 65.6 Å². The zero-order chi connectivity index (χ0) is 22.8. The topological polar surface area (TPSA) is 67.2 Å². The Hall–Kier alpha value is -2.64. The van der Waals surface area contributed by atoms with Crippen LogP contribution in [-0.4, -0.2) is 31.3 Å². The Bertz CT molecular complexity index is 1140. The number of nitrogens with zero attached hydrogens (tertiary/aromatic N) is 3. The summed E-state index contributed by atoms with van der Waals surface area (Å²) in [6.07, 6.45) is 3.82. The molecular weight excluding hydrogens is 420 g/mol. The summed E-state index contributed by atoms with van der Waals surface area (Å²) >= 11 is 0. The van der Waals surface area contributed by atoms with Gasteiger partial charge in [-0.05, 0) is 75.9 Å². The van der Waals surface area contributed by atoms with Gasteiger partial charge in [0, 0.05) is 18.8 Å². The molecule has 3 aromatic rings. The van der Waals surface area contributed by atoms with Gasteiger partial charge in [0.05, 0.1) is 28.4 Å². The third-order valence-electron chi connectivity index (χ3n) is 5.78. The third kappa shape index (κ3) is 5.05. The zero-order valence-corrected chi connectivity index (χ0v) is 19.9. The average molecular weight is 453 g/mol. The van der Waals surface area contributed by atoms with Crippen LogP contribution in [0.1, 0.15) is 45.7 Å². The van der Waals surface area contributed by atoms with Crippen molar-refractivity contribution < 1.29 is 8.42 Å². The highest BCUT2D eigenvalue weighted by atomic mass is 32.2. The first-order valence-electron chi connectivity index (χ1n) is 11.2. The smallest absolute Gasteiger partial charge is 0.240 e. The first-order valence-corrected chi connectivity index (χ1v) is 12.7. The van der Waals surface area contributed by atoms with Crippen LogP contribution in [-0.2, 0) is 22.1 Å². The second-order valence-electron chi connectivity index (χ2n) is 9.34. The van der Waals surface area contributed by atoms with Gasteiger partial charge >= 0.3 is 0 Å². The highest BCUT2D eigenvalue weighted by molar-refractivity contribution is 7.89. The number of benzene rings is 2. The molecule has 0 atom stereocenters. The molecule has 0 radical (unpaired) electrons. The molecule has 170 valence electrons. The fraction of sp³-hybridized carbons (Fsp3) is 0.400. The van der Waals surface area contributed by atoms with E-state index in [1.54, 1.807) is 30.3 Å². The van der Waals surface area contributed by atoms with E-state index >= 15 is 0 Å². The molecule has 1 aliphatic heterocycles. The van der Waals surface area contributed by atoms with E-state index in [9.17, 15) is 8.42 Å². The second-order valence-corrected chi connectivity index (χ2v) is 11.1. The van der Waals surface area contributed by atoms with Crippen molar-refractivity contribution in [1.82, 2.24) is 14.5 Å². The van der Waals surface area contributed by atoms with Crippen molar-refractivity contribution in [1.29, 1.82) is 0 Å². The quantitative estimate of drug-likeness (QED) is 0.585. The molecule has 1 saturated heterocycles. The highest BCUT2D eigenvalue weighted by Gasteiger charge is 2.22. The Morgan fingerprint density at radius 1 is 0.938 bits per heavy atom. The SMILES string of the molecule is CC(C)(C)n1nc(CNS(=O)(=O)c2ccccc2)cc1-c1ccc(N2CCCCC2)cc1. The monoisotopic (exact) mass is 452 g/mol. The highest BCUT2D eigenvalue weighted by Crippen LogP contribution is 2.29. The van der Waals surface area contributed by atoms with Gasteiger partial charge in [0.1, 0.15) is 0 Å². The van der Waals surface area contributed by atoms with Gasteiger partial charge in [-0.1, -0.05) is 30.3 Å². The molecule has 0 saturated carbocycles. The molecule has 1 aliphatic rings. The minimum atomic E-state index is -3.59. The molecule has 7 heteroatoms. The Balaban J connectivity index is 1.57. The largest absolute Gasteiger partial charge is 0.372 e. The number of hydrogen-bond acceptors (Lipinski definition) is 4. The standard InChI is InChI=1S/C25H32N4O2S/c1-25(2,3)29-24(20-12-14-22(15-13-20)28-16-8-5-9-17-28)18-21(27-29)19-26-32(30,31)23-10-6-4-7-11-23/h4,6-7,10-15,18,26H,5,8-9,16-17,19H2,1-3H3. The summed E-state index contributed by atoms with van der Waals surface area (Å²) in [6.45, 7) is 8.67. The molecule has 2 heterocycles. The lowest BCUT2D eigenvalue weighted by Crippen LogP contribution is -2.29. The number of sulfonamides is 1. The second kappa shape index (κ2) is 9.08. The van der Waals surface area contributed by atoms with Crippen LogP contribution in [0.25, 0.3) is 11.3 Å². The predicted molar refractivity (Wildman–Crippen MR) is 129 cm³/mol. The van der Waals surface area contributed by atoms with Crippen molar-refractivity contribution in [2.45, 2.75) is 57.0 Å². The molecule has 0 bridgehead atoms. The Labute approximate surface area is 191 Å². The van der Waals surface area contributed by atoms with Crippen LogP contribution in [0.3, 0.4) is 0 Å². The van der Waals surface area contributed by atoms with Gasteiger partial charge in [0.2, 0.25) is 10.0 Å². The lowest BCUT2D eigenvalue weighted by Gasteiger charge is -2.29. The van der Waals surface area contributed by atoms with Crippen LogP contribution in [0.4, 0.5) is 5.69 Å². The van der Waals surface area contributed by atoms with E-state index in [0.29, 0.717) is 5.69 Å². The maximum Gasteiger partial charge on any atom is 0.240 e. The molecular formula is C25H32N4O2S. The number of rotatable bonds is 6. The Morgan fingerprint density at radius 2 is 1.59 bits per heavy atom. The summed E-state index contributed by atoms with van der Waals surface area (Å²) in [5, 5.41) is 4.75. The third-order valence-corrected chi connectivity index (χ3v) is 7.19. The predicted octanol–water partition coefficient (Wildman–Crippen LogP) is 4.77. The van der Waals surface area contributed by atoms with E-state index in [2.05, 4.69) is 54.7 Å². The lowest BCUT2D eigenvalue weighted by molar-refractivity contribution is 0.357. The minimum Gasteiger partial charge on any atom is -0.372 e. The van der Waals surface area contributed by atoms with Crippen molar-refractivity contribution in [3.8, 4) is 11.3 Å². The molecule has 32 heavy (non-hydrogen) atoms. The summed E-state index contributed by atoms with van der Waals surface area (Å²) in [4.78, 5) is 2.70. The Morgan fingerprint density at radius 3 is 2.22 bits per heavy atom. The fourth-order valence-electron chi connectivity index (χ4n) is 4.08. The van der Waals surface area contributed by atoms with E-state index in [-0.39, 0.29) is 17.0 Å². The molecule has 1 N–H and O–H groups in total. The number of anilines is 1. The Kier molecular flexibility index (Phi) is 6.40. The summed E-state index contributed by atoms with van der Waals surface area (Å²) < 4.78 is 29.9. The number of piperidine rings is 1. The molecule has 4 rings (SSSR count). The van der Waals surface area contributed by atoms with Gasteiger partial charge in [-0.15, -0.1) is 0 Å². The van der Waals surface area contributed by atoms with E-state index in [1.807, 2.05) is 10.7 Å². The van der Waals surface area contributed by atoms with Gasteiger partial charge in [-0.3, -0.25) is 4.68 Å². The van der Waals surface area contributed by atoms with Crippen LogP contribution in [0.2, 0.25) is 0 Å². The minimum absolute atomic E-state index is 0.138. The van der Waals surface area contributed by atoms with E-state index in [0.717, 1.165) is 24.3 Å². The van der Waals surface area contributed by atoms with Gasteiger partial charge < -0.3 is 4.90 Å². The summed E-state index contributed by atoms with van der Waals surface area (Å²) in [7, 11) is -3.59. The van der Waals surface area contributed by atoms with Crippen LogP contribution >= 0.6 is 0 Å². The first kappa shape index (κ1) is 22.6.